The van der Waals surface area contributed by atoms with Crippen molar-refractivity contribution in [2.45, 2.75) is 207 Å². The fourth-order valence-electron chi connectivity index (χ4n) is 5.64. The molecule has 0 fully saturated rings. The van der Waals surface area contributed by atoms with Gasteiger partial charge in [-0.2, -0.15) is 0 Å². The lowest BCUT2D eigenvalue weighted by molar-refractivity contribution is -0.163. The van der Waals surface area contributed by atoms with Crippen LogP contribution in [0.5, 0.6) is 0 Å². The van der Waals surface area contributed by atoms with E-state index in [1.54, 1.807) is 0 Å². The lowest BCUT2D eigenvalue weighted by atomic mass is 10.1. The highest BCUT2D eigenvalue weighted by Gasteiger charge is 2.17. The molecule has 5 nitrogen and oxygen atoms in total. The largest absolute Gasteiger partial charge is 0.462 e. The molecule has 0 spiro atoms. The van der Waals surface area contributed by atoms with Crippen molar-refractivity contribution in [2.75, 3.05) is 19.8 Å². The van der Waals surface area contributed by atoms with Crippen LogP contribution in [-0.2, 0) is 23.8 Å². The first-order valence-electron chi connectivity index (χ1n) is 20.5. The maximum atomic E-state index is 12.6. The van der Waals surface area contributed by atoms with E-state index >= 15 is 0 Å². The Morgan fingerprint density at radius 2 is 0.938 bits per heavy atom. The van der Waals surface area contributed by atoms with Crippen molar-refractivity contribution in [1.29, 1.82) is 0 Å². The molecule has 0 radical (unpaired) electrons. The average Bonchev–Trinajstić information content (AvgIpc) is 3.08. The Labute approximate surface area is 298 Å². The molecule has 0 N–H and O–H groups in total. The van der Waals surface area contributed by atoms with Gasteiger partial charge in [0, 0.05) is 19.4 Å². The molecular weight excluding hydrogens is 596 g/mol. The number of esters is 2. The molecule has 0 rings (SSSR count). The lowest BCUT2D eigenvalue weighted by Gasteiger charge is -2.18. The third-order valence-electron chi connectivity index (χ3n) is 8.69. The number of hydrogen-bond acceptors (Lipinski definition) is 5. The maximum absolute atomic E-state index is 12.6. The van der Waals surface area contributed by atoms with Gasteiger partial charge in [0.15, 0.2) is 6.10 Å². The number of hydrogen-bond donors (Lipinski definition) is 0. The number of allylic oxidation sites excluding steroid dienone is 6. The third-order valence-corrected chi connectivity index (χ3v) is 8.69. The molecule has 0 bridgehead atoms. The van der Waals surface area contributed by atoms with Gasteiger partial charge in [0.2, 0.25) is 0 Å². The fourth-order valence-corrected chi connectivity index (χ4v) is 5.64. The van der Waals surface area contributed by atoms with E-state index in [0.29, 0.717) is 19.4 Å². The molecule has 0 aromatic heterocycles. The van der Waals surface area contributed by atoms with Crippen LogP contribution in [0.3, 0.4) is 0 Å². The minimum absolute atomic E-state index is 0.0743. The molecule has 0 aliphatic heterocycles. The number of carbonyl (C=O) groups is 2. The summed E-state index contributed by atoms with van der Waals surface area (Å²) in [6.45, 7) is 7.66. The Kier molecular flexibility index (Phi) is 38.0. The van der Waals surface area contributed by atoms with Crippen LogP contribution in [0, 0.1) is 0 Å². The second kappa shape index (κ2) is 39.6. The van der Waals surface area contributed by atoms with Gasteiger partial charge in [0.1, 0.15) is 6.61 Å². The molecule has 280 valence electrons. The van der Waals surface area contributed by atoms with E-state index < -0.39 is 6.10 Å². The number of ether oxygens (including phenoxy) is 3. The minimum atomic E-state index is -0.537. The number of rotatable bonds is 37. The molecule has 0 saturated carbocycles. The molecule has 0 heterocycles. The summed E-state index contributed by atoms with van der Waals surface area (Å²) < 4.78 is 17.2. The summed E-state index contributed by atoms with van der Waals surface area (Å²) in [6, 6.07) is 0. The standard InChI is InChI=1S/C43H78O5/c1-4-7-10-13-16-19-21-22-23-25-27-30-33-36-42(44)47-40-41(39-46-38-35-32-29-26-20-17-14-11-8-5-2)48-43(45)37-34-31-28-24-18-15-12-9-6-3/h7,10,16,19,22-23,41H,4-6,8-9,11-15,17-18,20-21,24-40H2,1-3H3/b10-7-,19-16-,23-22-. The van der Waals surface area contributed by atoms with Crippen molar-refractivity contribution in [3.05, 3.63) is 36.5 Å². The molecule has 0 aliphatic carbocycles. The highest BCUT2D eigenvalue weighted by molar-refractivity contribution is 5.70. The molecule has 1 unspecified atom stereocenters. The van der Waals surface area contributed by atoms with E-state index in [1.165, 1.54) is 96.3 Å². The van der Waals surface area contributed by atoms with Crippen LogP contribution in [-0.4, -0.2) is 37.9 Å². The zero-order chi connectivity index (χ0) is 35.0. The lowest BCUT2D eigenvalue weighted by Crippen LogP contribution is -2.30. The Hall–Kier alpha value is -1.88. The molecular formula is C43H78O5. The van der Waals surface area contributed by atoms with Crippen molar-refractivity contribution < 1.29 is 23.8 Å². The molecule has 0 aromatic rings. The summed E-state index contributed by atoms with van der Waals surface area (Å²) in [4.78, 5) is 25.0. The predicted octanol–water partition coefficient (Wildman–Crippen LogP) is 13.1. The molecule has 1 atom stereocenters. The van der Waals surface area contributed by atoms with E-state index in [2.05, 4.69) is 57.2 Å². The summed E-state index contributed by atoms with van der Waals surface area (Å²) in [5.74, 6) is -0.430. The summed E-state index contributed by atoms with van der Waals surface area (Å²) in [5, 5.41) is 0. The van der Waals surface area contributed by atoms with Gasteiger partial charge in [-0.25, -0.2) is 0 Å². The van der Waals surface area contributed by atoms with Crippen molar-refractivity contribution in [2.24, 2.45) is 0 Å². The summed E-state index contributed by atoms with van der Waals surface area (Å²) >= 11 is 0. The Morgan fingerprint density at radius 1 is 0.479 bits per heavy atom. The molecule has 48 heavy (non-hydrogen) atoms. The number of unbranched alkanes of at least 4 members (excludes halogenated alkanes) is 20. The third kappa shape index (κ3) is 36.9. The first-order valence-corrected chi connectivity index (χ1v) is 20.5. The summed E-state index contributed by atoms with van der Waals surface area (Å²) in [5.41, 5.74) is 0. The number of carbonyl (C=O) groups excluding carboxylic acids is 2. The van der Waals surface area contributed by atoms with Crippen LogP contribution >= 0.6 is 0 Å². The zero-order valence-electron chi connectivity index (χ0n) is 32.0. The topological polar surface area (TPSA) is 61.8 Å². The zero-order valence-corrected chi connectivity index (χ0v) is 32.0. The normalized spacial score (nSPS) is 12.5. The van der Waals surface area contributed by atoms with Crippen molar-refractivity contribution in [3.63, 3.8) is 0 Å². The predicted molar refractivity (Wildman–Crippen MR) is 205 cm³/mol. The SMILES string of the molecule is CC/C=C\C/C=C\C/C=C\CCCCCC(=O)OCC(COCCCCCCCCCCCC)OC(=O)CCCCCCCCCCC. The van der Waals surface area contributed by atoms with Gasteiger partial charge >= 0.3 is 11.9 Å². The van der Waals surface area contributed by atoms with Crippen LogP contribution in [0.15, 0.2) is 36.5 Å². The first-order chi connectivity index (χ1) is 23.6. The minimum Gasteiger partial charge on any atom is -0.462 e. The van der Waals surface area contributed by atoms with E-state index in [0.717, 1.165) is 70.6 Å². The van der Waals surface area contributed by atoms with E-state index in [-0.39, 0.29) is 25.2 Å². The van der Waals surface area contributed by atoms with Crippen molar-refractivity contribution in [1.82, 2.24) is 0 Å². The van der Waals surface area contributed by atoms with E-state index in [1.807, 2.05) is 0 Å². The van der Waals surface area contributed by atoms with E-state index in [9.17, 15) is 9.59 Å². The van der Waals surface area contributed by atoms with Gasteiger partial charge in [0.05, 0.1) is 6.61 Å². The molecule has 0 aliphatic rings. The Morgan fingerprint density at radius 3 is 1.50 bits per heavy atom. The van der Waals surface area contributed by atoms with Crippen LogP contribution in [0.2, 0.25) is 0 Å². The molecule has 0 saturated heterocycles. The monoisotopic (exact) mass is 675 g/mol. The quantitative estimate of drug-likeness (QED) is 0.0373. The summed E-state index contributed by atoms with van der Waals surface area (Å²) in [7, 11) is 0. The second-order valence-corrected chi connectivity index (χ2v) is 13.5. The Bertz CT molecular complexity index is 771. The van der Waals surface area contributed by atoms with Crippen molar-refractivity contribution >= 4 is 11.9 Å². The van der Waals surface area contributed by atoms with Gasteiger partial charge in [-0.3, -0.25) is 9.59 Å². The van der Waals surface area contributed by atoms with Gasteiger partial charge in [-0.05, 0) is 51.4 Å². The van der Waals surface area contributed by atoms with Crippen LogP contribution in [0.1, 0.15) is 201 Å². The second-order valence-electron chi connectivity index (χ2n) is 13.5. The van der Waals surface area contributed by atoms with E-state index in [4.69, 9.17) is 14.2 Å². The van der Waals surface area contributed by atoms with Crippen LogP contribution in [0.25, 0.3) is 0 Å². The van der Waals surface area contributed by atoms with Crippen LogP contribution in [0.4, 0.5) is 0 Å². The molecule has 0 aromatic carbocycles. The van der Waals surface area contributed by atoms with Crippen molar-refractivity contribution in [3.8, 4) is 0 Å². The smallest absolute Gasteiger partial charge is 0.306 e. The highest BCUT2D eigenvalue weighted by Crippen LogP contribution is 2.13. The fraction of sp³-hybridized carbons (Fsp3) is 0.814. The van der Waals surface area contributed by atoms with Gasteiger partial charge in [-0.15, -0.1) is 0 Å². The maximum Gasteiger partial charge on any atom is 0.306 e. The summed E-state index contributed by atoms with van der Waals surface area (Å²) in [6.07, 6.45) is 44.2. The molecule has 5 heteroatoms. The Balaban J connectivity index is 4.26. The van der Waals surface area contributed by atoms with Crippen LogP contribution < -0.4 is 0 Å². The van der Waals surface area contributed by atoms with Gasteiger partial charge < -0.3 is 14.2 Å². The molecule has 0 amide bonds. The first kappa shape index (κ1) is 46.1. The van der Waals surface area contributed by atoms with Gasteiger partial charge in [0.25, 0.3) is 0 Å². The highest BCUT2D eigenvalue weighted by atomic mass is 16.6. The van der Waals surface area contributed by atoms with Gasteiger partial charge in [-0.1, -0.05) is 173 Å². The average molecular weight is 675 g/mol.